The third kappa shape index (κ3) is 6.98. The molecule has 1 N–H and O–H groups in total. The third-order valence-corrected chi connectivity index (χ3v) is 4.75. The molecule has 0 aromatic carbocycles. The Morgan fingerprint density at radius 3 is 2.11 bits per heavy atom. The van der Waals surface area contributed by atoms with Crippen molar-refractivity contribution in [2.45, 2.75) is 96.8 Å². The molecule has 2 nitrogen and oxygen atoms in total. The zero-order valence-corrected chi connectivity index (χ0v) is 12.8. The van der Waals surface area contributed by atoms with Crippen LogP contribution in [0.15, 0.2) is 0 Å². The first kappa shape index (κ1) is 16.5. The fraction of sp³-hybridized carbons (Fsp3) is 0.941. The van der Waals surface area contributed by atoms with E-state index in [1.54, 1.807) is 0 Å². The van der Waals surface area contributed by atoms with Crippen molar-refractivity contribution in [3.05, 3.63) is 0 Å². The van der Waals surface area contributed by atoms with E-state index in [2.05, 4.69) is 6.92 Å². The molecule has 1 aliphatic rings. The summed E-state index contributed by atoms with van der Waals surface area (Å²) in [7, 11) is 0. The molecule has 0 unspecified atom stereocenters. The van der Waals surface area contributed by atoms with Crippen LogP contribution in [0.2, 0.25) is 0 Å². The summed E-state index contributed by atoms with van der Waals surface area (Å²) in [5.74, 6) is -0.593. The van der Waals surface area contributed by atoms with Crippen LogP contribution in [0.3, 0.4) is 0 Å². The molecule has 1 aliphatic carbocycles. The first-order valence-electron chi connectivity index (χ1n) is 8.40. The van der Waals surface area contributed by atoms with Crippen molar-refractivity contribution in [2.75, 3.05) is 0 Å². The number of rotatable bonds is 10. The Kier molecular flexibility index (Phi) is 8.16. The normalized spacial score (nSPS) is 18.4. The van der Waals surface area contributed by atoms with Gasteiger partial charge in [-0.2, -0.15) is 0 Å². The molecule has 0 bridgehead atoms. The van der Waals surface area contributed by atoms with Crippen LogP contribution < -0.4 is 0 Å². The van der Waals surface area contributed by atoms with Crippen LogP contribution in [0.5, 0.6) is 0 Å². The summed E-state index contributed by atoms with van der Waals surface area (Å²) in [6, 6.07) is 0. The van der Waals surface area contributed by atoms with Crippen molar-refractivity contribution in [3.63, 3.8) is 0 Å². The zero-order chi connectivity index (χ0) is 14.0. The summed E-state index contributed by atoms with van der Waals surface area (Å²) in [5, 5.41) is 9.13. The average Bonchev–Trinajstić information content (AvgIpc) is 2.38. The van der Waals surface area contributed by atoms with Crippen molar-refractivity contribution >= 4 is 5.97 Å². The van der Waals surface area contributed by atoms with Crippen molar-refractivity contribution in [3.8, 4) is 0 Å². The van der Waals surface area contributed by atoms with Crippen LogP contribution in [-0.2, 0) is 4.79 Å². The quantitative estimate of drug-likeness (QED) is 0.527. The Morgan fingerprint density at radius 1 is 0.947 bits per heavy atom. The maximum Gasteiger partial charge on any atom is 0.303 e. The second-order valence-electron chi connectivity index (χ2n) is 6.50. The van der Waals surface area contributed by atoms with Gasteiger partial charge in [0.1, 0.15) is 0 Å². The fourth-order valence-corrected chi connectivity index (χ4v) is 3.59. The summed E-state index contributed by atoms with van der Waals surface area (Å²) in [4.78, 5) is 11.1. The van der Waals surface area contributed by atoms with Gasteiger partial charge in [0.2, 0.25) is 0 Å². The Morgan fingerprint density at radius 2 is 1.53 bits per heavy atom. The Labute approximate surface area is 119 Å². The van der Waals surface area contributed by atoms with Gasteiger partial charge < -0.3 is 5.11 Å². The molecule has 1 fully saturated rings. The zero-order valence-electron chi connectivity index (χ0n) is 12.8. The number of carboxylic acid groups (broad SMARTS) is 1. The lowest BCUT2D eigenvalue weighted by Crippen LogP contribution is -2.27. The van der Waals surface area contributed by atoms with Gasteiger partial charge in [0.25, 0.3) is 0 Å². The summed E-state index contributed by atoms with van der Waals surface area (Å²) in [6.45, 7) is 2.25. The highest BCUT2D eigenvalue weighted by Gasteiger charge is 2.33. The van der Waals surface area contributed by atoms with Crippen molar-refractivity contribution in [1.82, 2.24) is 0 Å². The molecule has 0 saturated heterocycles. The van der Waals surface area contributed by atoms with E-state index in [9.17, 15) is 4.79 Å². The van der Waals surface area contributed by atoms with Crippen LogP contribution >= 0.6 is 0 Å². The van der Waals surface area contributed by atoms with E-state index in [1.165, 1.54) is 64.2 Å². The van der Waals surface area contributed by atoms with Gasteiger partial charge in [-0.25, -0.2) is 0 Å². The van der Waals surface area contributed by atoms with Gasteiger partial charge in [0.15, 0.2) is 0 Å². The molecule has 0 atom stereocenters. The second-order valence-corrected chi connectivity index (χ2v) is 6.50. The van der Waals surface area contributed by atoms with Crippen molar-refractivity contribution in [1.29, 1.82) is 0 Å². The minimum Gasteiger partial charge on any atom is -0.481 e. The van der Waals surface area contributed by atoms with Crippen molar-refractivity contribution < 1.29 is 9.90 Å². The lowest BCUT2D eigenvalue weighted by atomic mass is 9.69. The highest BCUT2D eigenvalue weighted by molar-refractivity contribution is 5.67. The van der Waals surface area contributed by atoms with Gasteiger partial charge in [-0.3, -0.25) is 4.79 Å². The molecule has 0 radical (unpaired) electrons. The minimum absolute atomic E-state index is 0.146. The number of carbonyl (C=O) groups is 1. The van der Waals surface area contributed by atoms with E-state index in [4.69, 9.17) is 5.11 Å². The van der Waals surface area contributed by atoms with Crippen LogP contribution in [0, 0.1) is 5.41 Å². The molecule has 19 heavy (non-hydrogen) atoms. The Balaban J connectivity index is 2.19. The summed E-state index contributed by atoms with van der Waals surface area (Å²) in [5.41, 5.74) is 0.146. The van der Waals surface area contributed by atoms with Crippen LogP contribution in [0.4, 0.5) is 0 Å². The molecule has 0 aromatic rings. The number of unbranched alkanes of at least 4 members (excludes halogenated alkanes) is 6. The largest absolute Gasteiger partial charge is 0.481 e. The van der Waals surface area contributed by atoms with E-state index in [1.807, 2.05) is 0 Å². The molecule has 1 saturated carbocycles. The van der Waals surface area contributed by atoms with Crippen LogP contribution in [0.1, 0.15) is 96.8 Å². The topological polar surface area (TPSA) is 37.3 Å². The summed E-state index contributed by atoms with van der Waals surface area (Å²) >= 11 is 0. The van der Waals surface area contributed by atoms with Gasteiger partial charge in [-0.1, -0.05) is 71.1 Å². The molecular weight excluding hydrogens is 236 g/mol. The molecule has 0 spiro atoms. The summed E-state index contributed by atoms with van der Waals surface area (Å²) in [6.07, 6.45) is 16.9. The van der Waals surface area contributed by atoms with Crippen LogP contribution in [-0.4, -0.2) is 11.1 Å². The molecule has 2 heteroatoms. The molecule has 1 rings (SSSR count). The number of hydrogen-bond donors (Lipinski definition) is 1. The molecule has 0 amide bonds. The number of hydrogen-bond acceptors (Lipinski definition) is 1. The first-order chi connectivity index (χ1) is 9.18. The van der Waals surface area contributed by atoms with Crippen LogP contribution in [0.25, 0.3) is 0 Å². The van der Waals surface area contributed by atoms with E-state index < -0.39 is 5.97 Å². The summed E-state index contributed by atoms with van der Waals surface area (Å²) < 4.78 is 0. The predicted octanol–water partition coefficient (Wildman–Crippen LogP) is 5.55. The Bertz CT molecular complexity index is 242. The van der Waals surface area contributed by atoms with Gasteiger partial charge >= 0.3 is 5.97 Å². The SMILES string of the molecule is CCCCCCCCCC1(CC(=O)O)CCCCC1. The minimum atomic E-state index is -0.593. The molecule has 112 valence electrons. The monoisotopic (exact) mass is 268 g/mol. The highest BCUT2D eigenvalue weighted by atomic mass is 16.4. The first-order valence-corrected chi connectivity index (χ1v) is 8.40. The van der Waals surface area contributed by atoms with E-state index >= 15 is 0 Å². The fourth-order valence-electron chi connectivity index (χ4n) is 3.59. The lowest BCUT2D eigenvalue weighted by Gasteiger charge is -2.36. The maximum atomic E-state index is 11.1. The highest BCUT2D eigenvalue weighted by Crippen LogP contribution is 2.43. The van der Waals surface area contributed by atoms with Gasteiger partial charge in [-0.05, 0) is 24.7 Å². The van der Waals surface area contributed by atoms with Gasteiger partial charge in [0.05, 0.1) is 6.42 Å². The molecule has 0 aliphatic heterocycles. The standard InChI is InChI=1S/C17H32O2/c1-2-3-4-5-6-7-9-12-17(15-16(18)19)13-10-8-11-14-17/h2-15H2,1H3,(H,18,19). The second kappa shape index (κ2) is 9.39. The van der Waals surface area contributed by atoms with Gasteiger partial charge in [-0.15, -0.1) is 0 Å². The van der Waals surface area contributed by atoms with E-state index in [0.29, 0.717) is 6.42 Å². The van der Waals surface area contributed by atoms with E-state index in [0.717, 1.165) is 19.3 Å². The number of carboxylic acids is 1. The van der Waals surface area contributed by atoms with Gasteiger partial charge in [0, 0.05) is 0 Å². The smallest absolute Gasteiger partial charge is 0.303 e. The molecule has 0 heterocycles. The third-order valence-electron chi connectivity index (χ3n) is 4.75. The predicted molar refractivity (Wildman–Crippen MR) is 80.4 cm³/mol. The molecular formula is C17H32O2. The number of aliphatic carboxylic acids is 1. The Hall–Kier alpha value is -0.530. The maximum absolute atomic E-state index is 11.1. The van der Waals surface area contributed by atoms with E-state index in [-0.39, 0.29) is 5.41 Å². The molecule has 0 aromatic heterocycles. The lowest BCUT2D eigenvalue weighted by molar-refractivity contribution is -0.140. The van der Waals surface area contributed by atoms with Crippen molar-refractivity contribution in [2.24, 2.45) is 5.41 Å². The average molecular weight is 268 g/mol.